The van der Waals surface area contributed by atoms with E-state index in [1.54, 1.807) is 0 Å². The Hall–Kier alpha value is -2.08. The second-order valence-corrected chi connectivity index (χ2v) is 3.54. The second kappa shape index (κ2) is 4.06. The van der Waals surface area contributed by atoms with Crippen molar-refractivity contribution in [3.8, 4) is 17.1 Å². The van der Waals surface area contributed by atoms with Crippen LogP contribution < -0.4 is 0 Å². The molecule has 5 nitrogen and oxygen atoms in total. The number of halogens is 2. The van der Waals surface area contributed by atoms with Crippen LogP contribution in [0.25, 0.3) is 11.3 Å². The third kappa shape index (κ3) is 1.94. The molecule has 0 fully saturated rings. The van der Waals surface area contributed by atoms with Crippen LogP contribution in [0.1, 0.15) is 10.5 Å². The number of carbonyl (C=O) groups is 1. The Morgan fingerprint density at radius 3 is 2.76 bits per heavy atom. The molecule has 1 aromatic carbocycles. The molecule has 88 valence electrons. The van der Waals surface area contributed by atoms with E-state index in [0.717, 1.165) is 12.1 Å². The molecule has 0 aliphatic rings. The molecule has 17 heavy (non-hydrogen) atoms. The summed E-state index contributed by atoms with van der Waals surface area (Å²) in [5, 5.41) is 21.4. The second-order valence-electron chi connectivity index (χ2n) is 3.13. The molecule has 0 atom stereocenters. The van der Waals surface area contributed by atoms with E-state index in [-0.39, 0.29) is 22.0 Å². The van der Waals surface area contributed by atoms with Crippen LogP contribution in [0.2, 0.25) is 5.02 Å². The molecule has 0 aliphatic carbocycles. The number of phenols is 1. The number of rotatable bonds is 2. The molecular formula is C10H5ClFNO4. The smallest absolute Gasteiger partial charge is 0.358 e. The Labute approximate surface area is 99.0 Å². The highest BCUT2D eigenvalue weighted by Gasteiger charge is 2.19. The van der Waals surface area contributed by atoms with Gasteiger partial charge in [-0.1, -0.05) is 16.8 Å². The Balaban J connectivity index is 2.60. The van der Waals surface area contributed by atoms with Crippen molar-refractivity contribution in [2.45, 2.75) is 0 Å². The maximum atomic E-state index is 13.1. The molecule has 0 spiro atoms. The maximum absolute atomic E-state index is 13.1. The van der Waals surface area contributed by atoms with Crippen LogP contribution in [0, 0.1) is 5.82 Å². The summed E-state index contributed by atoms with van der Waals surface area (Å²) < 4.78 is 17.8. The van der Waals surface area contributed by atoms with Gasteiger partial charge in [-0.3, -0.25) is 0 Å². The molecule has 0 amide bonds. The van der Waals surface area contributed by atoms with Gasteiger partial charge in [-0.2, -0.15) is 0 Å². The molecule has 0 aliphatic heterocycles. The van der Waals surface area contributed by atoms with Crippen molar-refractivity contribution >= 4 is 17.6 Å². The van der Waals surface area contributed by atoms with E-state index in [1.807, 2.05) is 0 Å². The van der Waals surface area contributed by atoms with Gasteiger partial charge in [0.1, 0.15) is 0 Å². The van der Waals surface area contributed by atoms with Crippen molar-refractivity contribution in [1.82, 2.24) is 5.16 Å². The van der Waals surface area contributed by atoms with E-state index >= 15 is 0 Å². The summed E-state index contributed by atoms with van der Waals surface area (Å²) in [4.78, 5) is 10.6. The molecule has 2 aromatic rings. The number of benzene rings is 1. The third-order valence-corrected chi connectivity index (χ3v) is 2.37. The molecule has 1 heterocycles. The van der Waals surface area contributed by atoms with Crippen molar-refractivity contribution in [2.75, 3.05) is 0 Å². The minimum atomic E-state index is -1.30. The first kappa shape index (κ1) is 11.4. The SMILES string of the molecule is O=C(O)c1cc(-c2c(Cl)ccc(F)c2O)on1. The van der Waals surface area contributed by atoms with Crippen molar-refractivity contribution in [1.29, 1.82) is 0 Å². The van der Waals surface area contributed by atoms with Crippen LogP contribution in [-0.4, -0.2) is 21.3 Å². The topological polar surface area (TPSA) is 83.6 Å². The van der Waals surface area contributed by atoms with Gasteiger partial charge in [0.2, 0.25) is 0 Å². The lowest BCUT2D eigenvalue weighted by atomic mass is 10.1. The van der Waals surface area contributed by atoms with E-state index in [9.17, 15) is 14.3 Å². The Morgan fingerprint density at radius 1 is 1.47 bits per heavy atom. The van der Waals surface area contributed by atoms with Gasteiger partial charge >= 0.3 is 5.97 Å². The van der Waals surface area contributed by atoms with Gasteiger partial charge in [-0.05, 0) is 12.1 Å². The molecule has 2 rings (SSSR count). The molecule has 1 aromatic heterocycles. The van der Waals surface area contributed by atoms with Gasteiger partial charge < -0.3 is 14.7 Å². The van der Waals surface area contributed by atoms with Gasteiger partial charge in [0.15, 0.2) is 23.0 Å². The number of nitrogens with zero attached hydrogens (tertiary/aromatic N) is 1. The van der Waals surface area contributed by atoms with Crippen LogP contribution in [0.4, 0.5) is 4.39 Å². The number of aromatic carboxylic acids is 1. The predicted octanol–water partition coefficient (Wildman–Crippen LogP) is 2.54. The zero-order valence-corrected chi connectivity index (χ0v) is 8.90. The number of aromatic nitrogens is 1. The van der Waals surface area contributed by atoms with Crippen molar-refractivity contribution in [3.05, 3.63) is 34.7 Å². The van der Waals surface area contributed by atoms with Crippen molar-refractivity contribution < 1.29 is 23.9 Å². The van der Waals surface area contributed by atoms with Crippen LogP contribution in [0.3, 0.4) is 0 Å². The fourth-order valence-corrected chi connectivity index (χ4v) is 1.51. The lowest BCUT2D eigenvalue weighted by Crippen LogP contribution is -1.94. The molecule has 0 radical (unpaired) electrons. The number of hydrogen-bond acceptors (Lipinski definition) is 4. The average Bonchev–Trinajstić information content (AvgIpc) is 2.73. The van der Waals surface area contributed by atoms with Gasteiger partial charge in [0, 0.05) is 6.07 Å². The van der Waals surface area contributed by atoms with Gasteiger partial charge in [0.25, 0.3) is 0 Å². The largest absolute Gasteiger partial charge is 0.504 e. The van der Waals surface area contributed by atoms with Crippen molar-refractivity contribution in [3.63, 3.8) is 0 Å². The summed E-state index contributed by atoms with van der Waals surface area (Å²) in [5.74, 6) is -3.03. The zero-order valence-electron chi connectivity index (χ0n) is 8.15. The normalized spacial score (nSPS) is 10.5. The lowest BCUT2D eigenvalue weighted by molar-refractivity contribution is 0.0686. The average molecular weight is 258 g/mol. The summed E-state index contributed by atoms with van der Waals surface area (Å²) in [6, 6.07) is 3.24. The molecule has 0 unspecified atom stereocenters. The number of carboxylic acid groups (broad SMARTS) is 1. The number of phenolic OH excluding ortho intramolecular Hbond substituents is 1. The standard InChI is InChI=1S/C10H5ClFNO4/c11-4-1-2-5(12)9(14)8(4)7-3-6(10(15)16)13-17-7/h1-3,14H,(H,15,16). The van der Waals surface area contributed by atoms with Crippen LogP contribution in [0.15, 0.2) is 22.7 Å². The number of carboxylic acids is 1. The first-order chi connectivity index (χ1) is 8.00. The predicted molar refractivity (Wildman–Crippen MR) is 55.5 cm³/mol. The number of aromatic hydroxyl groups is 1. The first-order valence-electron chi connectivity index (χ1n) is 4.38. The Morgan fingerprint density at radius 2 is 2.18 bits per heavy atom. The van der Waals surface area contributed by atoms with Gasteiger partial charge in [-0.15, -0.1) is 0 Å². The minimum Gasteiger partial charge on any atom is -0.504 e. The molecule has 0 bridgehead atoms. The Kier molecular flexibility index (Phi) is 2.72. The van der Waals surface area contributed by atoms with E-state index in [0.29, 0.717) is 0 Å². The molecule has 0 saturated heterocycles. The summed E-state index contributed by atoms with van der Waals surface area (Å²) in [5.41, 5.74) is -0.494. The van der Waals surface area contributed by atoms with E-state index < -0.39 is 17.5 Å². The fourth-order valence-electron chi connectivity index (χ4n) is 1.27. The molecule has 2 N–H and O–H groups in total. The van der Waals surface area contributed by atoms with Gasteiger partial charge in [-0.25, -0.2) is 9.18 Å². The highest BCUT2D eigenvalue weighted by atomic mass is 35.5. The van der Waals surface area contributed by atoms with E-state index in [2.05, 4.69) is 9.68 Å². The molecule has 0 saturated carbocycles. The monoisotopic (exact) mass is 257 g/mol. The third-order valence-electron chi connectivity index (χ3n) is 2.05. The molecule has 7 heteroatoms. The van der Waals surface area contributed by atoms with Crippen LogP contribution in [-0.2, 0) is 0 Å². The fraction of sp³-hybridized carbons (Fsp3) is 0. The summed E-state index contributed by atoms with van der Waals surface area (Å²) in [6.07, 6.45) is 0. The highest BCUT2D eigenvalue weighted by molar-refractivity contribution is 6.33. The van der Waals surface area contributed by atoms with Crippen molar-refractivity contribution in [2.24, 2.45) is 0 Å². The minimum absolute atomic E-state index is 0.0250. The highest BCUT2D eigenvalue weighted by Crippen LogP contribution is 2.37. The number of hydrogen-bond donors (Lipinski definition) is 2. The summed E-state index contributed by atoms with van der Waals surface area (Å²) >= 11 is 5.76. The maximum Gasteiger partial charge on any atom is 0.358 e. The lowest BCUT2D eigenvalue weighted by Gasteiger charge is -2.03. The quantitative estimate of drug-likeness (QED) is 0.864. The van der Waals surface area contributed by atoms with E-state index in [4.69, 9.17) is 16.7 Å². The molecular weight excluding hydrogens is 253 g/mol. The van der Waals surface area contributed by atoms with Gasteiger partial charge in [0.05, 0.1) is 10.6 Å². The summed E-state index contributed by atoms with van der Waals surface area (Å²) in [7, 11) is 0. The Bertz CT molecular complexity index is 596. The first-order valence-corrected chi connectivity index (χ1v) is 4.76. The zero-order chi connectivity index (χ0) is 12.6. The van der Waals surface area contributed by atoms with Crippen LogP contribution >= 0.6 is 11.6 Å². The van der Waals surface area contributed by atoms with Crippen LogP contribution in [0.5, 0.6) is 5.75 Å². The summed E-state index contributed by atoms with van der Waals surface area (Å²) in [6.45, 7) is 0. The van der Waals surface area contributed by atoms with E-state index in [1.165, 1.54) is 6.07 Å².